The van der Waals surface area contributed by atoms with Crippen LogP contribution >= 0.6 is 0 Å². The Morgan fingerprint density at radius 2 is 2.08 bits per heavy atom. The van der Waals surface area contributed by atoms with Gasteiger partial charge in [-0.2, -0.15) is 10.2 Å². The number of ether oxygens (including phenoxy) is 3. The van der Waals surface area contributed by atoms with Gasteiger partial charge in [-0.1, -0.05) is 6.07 Å². The Kier molecular flexibility index (Phi) is 6.04. The number of hydrogen-bond donors (Lipinski definition) is 1. The molecule has 0 radical (unpaired) electrons. The molecule has 1 aliphatic rings. The van der Waals surface area contributed by atoms with Crippen molar-refractivity contribution >= 4 is 23.1 Å². The molecule has 0 aliphatic carbocycles. The first-order chi connectivity index (χ1) is 17.5. The number of carboxylic acid groups (broad SMARTS) is 1. The Bertz CT molecular complexity index is 1470. The van der Waals surface area contributed by atoms with Crippen molar-refractivity contribution in [2.45, 2.75) is 25.6 Å². The Morgan fingerprint density at radius 1 is 1.22 bits per heavy atom. The average Bonchev–Trinajstić information content (AvgIpc) is 3.34. The van der Waals surface area contributed by atoms with Gasteiger partial charge >= 0.3 is 5.97 Å². The van der Waals surface area contributed by atoms with Gasteiger partial charge in [-0.3, -0.25) is 4.98 Å². The molecule has 4 aromatic rings. The summed E-state index contributed by atoms with van der Waals surface area (Å²) in [5, 5.41) is 19.2. The molecule has 2 aromatic heterocycles. The summed E-state index contributed by atoms with van der Waals surface area (Å²) in [5.74, 6) is 0.604. The van der Waals surface area contributed by atoms with E-state index >= 15 is 0 Å². The lowest BCUT2D eigenvalue weighted by molar-refractivity contribution is -0.138. The highest BCUT2D eigenvalue weighted by atomic mass is 16.5. The predicted molar refractivity (Wildman–Crippen MR) is 128 cm³/mol. The molecular weight excluding hydrogens is 464 g/mol. The van der Waals surface area contributed by atoms with Crippen LogP contribution in [-0.4, -0.2) is 41.3 Å². The first-order valence-corrected chi connectivity index (χ1v) is 11.1. The first-order valence-electron chi connectivity index (χ1n) is 11.1. The molecule has 0 unspecified atom stereocenters. The van der Waals surface area contributed by atoms with Gasteiger partial charge in [0, 0.05) is 24.6 Å². The smallest absolute Gasteiger partial charge is 0.326 e. The van der Waals surface area contributed by atoms with E-state index in [0.717, 1.165) is 11.1 Å². The maximum atomic E-state index is 12.3. The average molecular weight is 486 g/mol. The van der Waals surface area contributed by atoms with Crippen LogP contribution < -0.4 is 19.1 Å². The van der Waals surface area contributed by atoms with Crippen LogP contribution in [-0.2, 0) is 24.4 Å². The topological polar surface area (TPSA) is 131 Å². The molecule has 0 fully saturated rings. The summed E-state index contributed by atoms with van der Waals surface area (Å²) >= 11 is 0. The SMILES string of the molecule is COc1ccc(COc2c(OC)ccc3c2C[C@@H](C(=O)O)N(c2nc4ccc(C#N)cc4o2)C3)nc1. The molecule has 0 saturated carbocycles. The summed E-state index contributed by atoms with van der Waals surface area (Å²) in [7, 11) is 3.11. The van der Waals surface area contributed by atoms with Gasteiger partial charge in [-0.05, 0) is 35.9 Å². The van der Waals surface area contributed by atoms with Crippen molar-refractivity contribution in [3.05, 3.63) is 71.0 Å². The van der Waals surface area contributed by atoms with E-state index < -0.39 is 12.0 Å². The molecule has 5 rings (SSSR count). The third-order valence-electron chi connectivity index (χ3n) is 6.09. The molecule has 36 heavy (non-hydrogen) atoms. The number of nitrogens with zero attached hydrogens (tertiary/aromatic N) is 4. The second-order valence-corrected chi connectivity index (χ2v) is 8.19. The molecule has 1 atom stereocenters. The van der Waals surface area contributed by atoms with Crippen molar-refractivity contribution in [2.75, 3.05) is 19.1 Å². The first kappa shape index (κ1) is 23.0. The van der Waals surface area contributed by atoms with Crippen LogP contribution in [0.5, 0.6) is 17.2 Å². The number of aliphatic carboxylic acids is 1. The van der Waals surface area contributed by atoms with Gasteiger partial charge in [0.25, 0.3) is 6.01 Å². The molecule has 3 heterocycles. The van der Waals surface area contributed by atoms with Crippen molar-refractivity contribution in [3.63, 3.8) is 0 Å². The van der Waals surface area contributed by atoms with Gasteiger partial charge in [0.15, 0.2) is 17.1 Å². The molecule has 1 aliphatic heterocycles. The zero-order valence-electron chi connectivity index (χ0n) is 19.6. The van der Waals surface area contributed by atoms with Crippen LogP contribution in [0.3, 0.4) is 0 Å². The van der Waals surface area contributed by atoms with E-state index in [2.05, 4.69) is 16.0 Å². The van der Waals surface area contributed by atoms with E-state index in [1.807, 2.05) is 6.07 Å². The minimum atomic E-state index is -1.02. The number of carboxylic acids is 1. The van der Waals surface area contributed by atoms with Gasteiger partial charge in [-0.15, -0.1) is 0 Å². The normalized spacial score (nSPS) is 14.7. The lowest BCUT2D eigenvalue weighted by atomic mass is 9.93. The van der Waals surface area contributed by atoms with Crippen LogP contribution in [0.25, 0.3) is 11.1 Å². The number of benzene rings is 2. The molecule has 182 valence electrons. The predicted octanol–water partition coefficient (Wildman–Crippen LogP) is 3.71. The number of methoxy groups -OCH3 is 2. The quantitative estimate of drug-likeness (QED) is 0.412. The zero-order chi connectivity index (χ0) is 25.2. The third kappa shape index (κ3) is 4.22. The number of anilines is 1. The van der Waals surface area contributed by atoms with E-state index in [9.17, 15) is 9.90 Å². The maximum Gasteiger partial charge on any atom is 0.326 e. The van der Waals surface area contributed by atoms with E-state index in [0.29, 0.717) is 39.6 Å². The monoisotopic (exact) mass is 486 g/mol. The van der Waals surface area contributed by atoms with Crippen LogP contribution in [0, 0.1) is 11.3 Å². The van der Waals surface area contributed by atoms with E-state index in [1.165, 1.54) is 7.11 Å². The Morgan fingerprint density at radius 3 is 2.78 bits per heavy atom. The van der Waals surface area contributed by atoms with Crippen LogP contribution in [0.1, 0.15) is 22.4 Å². The number of hydrogen-bond acceptors (Lipinski definition) is 9. The number of oxazole rings is 1. The minimum Gasteiger partial charge on any atom is -0.495 e. The second-order valence-electron chi connectivity index (χ2n) is 8.19. The Balaban J connectivity index is 1.48. The molecule has 2 aromatic carbocycles. The fraction of sp³-hybridized carbons (Fsp3) is 0.231. The van der Waals surface area contributed by atoms with Crippen LogP contribution in [0.15, 0.2) is 53.1 Å². The van der Waals surface area contributed by atoms with Crippen LogP contribution in [0.2, 0.25) is 0 Å². The lowest BCUT2D eigenvalue weighted by Crippen LogP contribution is -2.46. The summed E-state index contributed by atoms with van der Waals surface area (Å²) in [5.41, 5.74) is 3.70. The summed E-state index contributed by atoms with van der Waals surface area (Å²) < 4.78 is 22.7. The molecule has 10 nitrogen and oxygen atoms in total. The number of rotatable bonds is 7. The second kappa shape index (κ2) is 9.46. The highest BCUT2D eigenvalue weighted by Gasteiger charge is 2.36. The zero-order valence-corrected chi connectivity index (χ0v) is 19.6. The molecule has 10 heteroatoms. The fourth-order valence-corrected chi connectivity index (χ4v) is 4.22. The van der Waals surface area contributed by atoms with E-state index in [1.54, 1.807) is 54.6 Å². The number of carbonyl (C=O) groups is 1. The highest BCUT2D eigenvalue weighted by molar-refractivity contribution is 5.81. The Labute approximate surface area is 206 Å². The van der Waals surface area contributed by atoms with Gasteiger partial charge in [0.05, 0.1) is 37.7 Å². The lowest BCUT2D eigenvalue weighted by Gasteiger charge is -2.34. The van der Waals surface area contributed by atoms with Gasteiger partial charge in [0.2, 0.25) is 0 Å². The van der Waals surface area contributed by atoms with Crippen molar-refractivity contribution < 1.29 is 28.5 Å². The largest absolute Gasteiger partial charge is 0.495 e. The summed E-state index contributed by atoms with van der Waals surface area (Å²) in [4.78, 5) is 22.7. The van der Waals surface area contributed by atoms with Crippen molar-refractivity contribution in [3.8, 4) is 23.3 Å². The van der Waals surface area contributed by atoms with Gasteiger partial charge < -0.3 is 28.6 Å². The van der Waals surface area contributed by atoms with Gasteiger partial charge in [-0.25, -0.2) is 4.79 Å². The molecule has 1 N–H and O–H groups in total. The summed E-state index contributed by atoms with van der Waals surface area (Å²) in [6, 6.07) is 13.5. The Hall–Kier alpha value is -4.78. The minimum absolute atomic E-state index is 0.148. The maximum absolute atomic E-state index is 12.3. The van der Waals surface area contributed by atoms with E-state index in [4.69, 9.17) is 23.9 Å². The molecule has 0 saturated heterocycles. The number of nitriles is 1. The molecule has 0 bridgehead atoms. The molecule has 0 amide bonds. The van der Waals surface area contributed by atoms with E-state index in [-0.39, 0.29) is 25.6 Å². The summed E-state index contributed by atoms with van der Waals surface area (Å²) in [6.45, 7) is 0.413. The van der Waals surface area contributed by atoms with Crippen molar-refractivity contribution in [1.29, 1.82) is 5.26 Å². The highest BCUT2D eigenvalue weighted by Crippen LogP contribution is 2.40. The number of pyridine rings is 1. The van der Waals surface area contributed by atoms with Gasteiger partial charge in [0.1, 0.15) is 23.9 Å². The van der Waals surface area contributed by atoms with Crippen LogP contribution in [0.4, 0.5) is 6.01 Å². The number of fused-ring (bicyclic) bond motifs is 2. The standard InChI is InChI=1S/C26H22N4O6/c1-33-18-6-5-17(28-12-18)14-35-24-19-10-21(25(31)32)30(13-16(19)4-8-22(24)34-2)26-29-20-7-3-15(11-27)9-23(20)36-26/h3-9,12,21H,10,13-14H2,1-2H3,(H,31,32)/t21-/m0/s1. The number of aromatic nitrogens is 2. The summed E-state index contributed by atoms with van der Waals surface area (Å²) in [6.07, 6.45) is 1.75. The molecular formula is C26H22N4O6. The van der Waals surface area contributed by atoms with Crippen molar-refractivity contribution in [1.82, 2.24) is 9.97 Å². The molecule has 0 spiro atoms. The fourth-order valence-electron chi connectivity index (χ4n) is 4.22. The third-order valence-corrected chi connectivity index (χ3v) is 6.09. The van der Waals surface area contributed by atoms with Crippen molar-refractivity contribution in [2.24, 2.45) is 0 Å².